The van der Waals surface area contributed by atoms with Gasteiger partial charge in [-0.15, -0.1) is 0 Å². The van der Waals surface area contributed by atoms with Crippen molar-refractivity contribution in [1.29, 1.82) is 0 Å². The van der Waals surface area contributed by atoms with Gasteiger partial charge in [0.2, 0.25) is 5.91 Å². The molecule has 2 fully saturated rings. The summed E-state index contributed by atoms with van der Waals surface area (Å²) >= 11 is 0. The van der Waals surface area contributed by atoms with Crippen LogP contribution in [0.1, 0.15) is 45.3 Å². The zero-order chi connectivity index (χ0) is 33.9. The molecule has 0 unspecified atom stereocenters. The van der Waals surface area contributed by atoms with Crippen LogP contribution >= 0.6 is 0 Å². The molecule has 1 atom stereocenters. The van der Waals surface area contributed by atoms with Crippen molar-refractivity contribution < 1.29 is 23.9 Å². The third-order valence-corrected chi connectivity index (χ3v) is 9.25. The standard InChI is InChI=1S/C35H37N9O5/c1-49-31(23-5-3-2-4-6-23)34(47)43-21-27-28(22-43)39-40-32(27)38-33(46)24-7-9-26(10-8-24)42-17-15-41(16-18-42)20-25-11-13-36-19-29(25)44-14-12-30(45)37-35(44)48/h2-11,13,19,31H,12,14-18,20-22H2,1H3,(H,37,45,48)(H2,38,39,40,46)/t31-/m1/s1. The van der Waals surface area contributed by atoms with Crippen LogP contribution in [-0.2, 0) is 34.0 Å². The lowest BCUT2D eigenvalue weighted by Crippen LogP contribution is -2.50. The van der Waals surface area contributed by atoms with Crippen LogP contribution in [0.2, 0.25) is 0 Å². The van der Waals surface area contributed by atoms with Crippen LogP contribution in [0.5, 0.6) is 0 Å². The minimum absolute atomic E-state index is 0.153. The predicted octanol–water partition coefficient (Wildman–Crippen LogP) is 3.06. The first kappa shape index (κ1) is 32.0. The highest BCUT2D eigenvalue weighted by Gasteiger charge is 2.33. The Hall–Kier alpha value is -5.60. The van der Waals surface area contributed by atoms with Gasteiger partial charge in [-0.3, -0.25) is 39.6 Å². The number of hydrogen-bond acceptors (Lipinski definition) is 9. The second-order valence-corrected chi connectivity index (χ2v) is 12.3. The van der Waals surface area contributed by atoms with Crippen LogP contribution in [0.4, 0.5) is 22.0 Å². The van der Waals surface area contributed by atoms with E-state index in [0.29, 0.717) is 37.6 Å². The first-order chi connectivity index (χ1) is 23.9. The summed E-state index contributed by atoms with van der Waals surface area (Å²) in [5, 5.41) is 12.6. The van der Waals surface area contributed by atoms with Crippen LogP contribution in [0, 0.1) is 0 Å². The van der Waals surface area contributed by atoms with Crippen molar-refractivity contribution in [1.82, 2.24) is 30.3 Å². The lowest BCUT2D eigenvalue weighted by molar-refractivity contribution is -0.143. The average molecular weight is 664 g/mol. The van der Waals surface area contributed by atoms with E-state index in [1.54, 1.807) is 34.3 Å². The third-order valence-electron chi connectivity index (χ3n) is 9.25. The van der Waals surface area contributed by atoms with E-state index in [4.69, 9.17) is 4.74 Å². The fourth-order valence-electron chi connectivity index (χ4n) is 6.57. The lowest BCUT2D eigenvalue weighted by atomic mass is 10.1. The second-order valence-electron chi connectivity index (χ2n) is 12.3. The highest BCUT2D eigenvalue weighted by atomic mass is 16.5. The molecule has 2 aromatic carbocycles. The summed E-state index contributed by atoms with van der Waals surface area (Å²) in [7, 11) is 1.52. The second kappa shape index (κ2) is 13.9. The Labute approximate surface area is 283 Å². The highest BCUT2D eigenvalue weighted by molar-refractivity contribution is 6.06. The number of ether oxygens (including phenoxy) is 1. The molecule has 0 saturated carbocycles. The maximum atomic E-state index is 13.3. The van der Waals surface area contributed by atoms with Gasteiger partial charge in [-0.05, 0) is 41.5 Å². The van der Waals surface area contributed by atoms with Gasteiger partial charge in [0, 0.05) is 75.8 Å². The van der Waals surface area contributed by atoms with Crippen LogP contribution in [0.25, 0.3) is 0 Å². The van der Waals surface area contributed by atoms with Gasteiger partial charge >= 0.3 is 6.03 Å². The Kier molecular flexibility index (Phi) is 9.05. The zero-order valence-corrected chi connectivity index (χ0v) is 27.1. The van der Waals surface area contributed by atoms with Crippen molar-refractivity contribution in [2.45, 2.75) is 32.2 Å². The van der Waals surface area contributed by atoms with E-state index in [-0.39, 0.29) is 24.1 Å². The van der Waals surface area contributed by atoms with Gasteiger partial charge < -0.3 is 19.9 Å². The molecule has 7 rings (SSSR count). The molecule has 5 heterocycles. The van der Waals surface area contributed by atoms with Gasteiger partial charge in [0.1, 0.15) is 0 Å². The Morgan fingerprint density at radius 2 is 1.73 bits per heavy atom. The molecule has 2 saturated heterocycles. The number of nitrogens with one attached hydrogen (secondary N) is 3. The monoisotopic (exact) mass is 663 g/mol. The van der Waals surface area contributed by atoms with E-state index in [1.807, 2.05) is 48.5 Å². The number of rotatable bonds is 9. The van der Waals surface area contributed by atoms with Crippen molar-refractivity contribution in [3.05, 3.63) is 101 Å². The quantitative estimate of drug-likeness (QED) is 0.245. The highest BCUT2D eigenvalue weighted by Crippen LogP contribution is 2.31. The number of anilines is 3. The number of fused-ring (bicyclic) bond motifs is 1. The van der Waals surface area contributed by atoms with Crippen molar-refractivity contribution in [2.24, 2.45) is 0 Å². The number of pyridine rings is 1. The Bertz CT molecular complexity index is 1850. The summed E-state index contributed by atoms with van der Waals surface area (Å²) in [4.78, 5) is 62.7. The van der Waals surface area contributed by atoms with Gasteiger partial charge in [0.15, 0.2) is 11.9 Å². The fraction of sp³-hybridized carbons (Fsp3) is 0.314. The van der Waals surface area contributed by atoms with Gasteiger partial charge in [0.25, 0.3) is 11.8 Å². The van der Waals surface area contributed by atoms with E-state index in [0.717, 1.165) is 59.9 Å². The van der Waals surface area contributed by atoms with Gasteiger partial charge in [-0.1, -0.05) is 30.3 Å². The Morgan fingerprint density at radius 1 is 0.959 bits per heavy atom. The van der Waals surface area contributed by atoms with Crippen molar-refractivity contribution in [3.63, 3.8) is 0 Å². The maximum absolute atomic E-state index is 13.3. The molecule has 0 radical (unpaired) electrons. The smallest absolute Gasteiger partial charge is 0.328 e. The lowest BCUT2D eigenvalue weighted by Gasteiger charge is -2.37. The summed E-state index contributed by atoms with van der Waals surface area (Å²) in [5.74, 6) is -0.288. The number of imide groups is 1. The number of piperazine rings is 1. The molecule has 0 aliphatic carbocycles. The normalized spacial score (nSPS) is 17.1. The first-order valence-corrected chi connectivity index (χ1v) is 16.2. The minimum Gasteiger partial charge on any atom is -0.369 e. The van der Waals surface area contributed by atoms with E-state index >= 15 is 0 Å². The van der Waals surface area contributed by atoms with Crippen LogP contribution in [0.3, 0.4) is 0 Å². The molecule has 4 aromatic rings. The topological polar surface area (TPSA) is 156 Å². The number of methoxy groups -OCH3 is 1. The van der Waals surface area contributed by atoms with Crippen molar-refractivity contribution in [3.8, 4) is 0 Å². The zero-order valence-electron chi connectivity index (χ0n) is 27.1. The maximum Gasteiger partial charge on any atom is 0.328 e. The number of benzene rings is 2. The largest absolute Gasteiger partial charge is 0.369 e. The van der Waals surface area contributed by atoms with Crippen molar-refractivity contribution in [2.75, 3.05) is 55.0 Å². The summed E-state index contributed by atoms with van der Waals surface area (Å²) < 4.78 is 5.54. The average Bonchev–Trinajstić information content (AvgIpc) is 3.72. The predicted molar refractivity (Wildman–Crippen MR) is 181 cm³/mol. The third kappa shape index (κ3) is 6.73. The van der Waals surface area contributed by atoms with Crippen molar-refractivity contribution >= 4 is 40.9 Å². The molecule has 252 valence electrons. The van der Waals surface area contributed by atoms with E-state index in [1.165, 1.54) is 7.11 Å². The molecule has 14 heteroatoms. The Balaban J connectivity index is 0.926. The van der Waals surface area contributed by atoms with Crippen LogP contribution in [0.15, 0.2) is 73.1 Å². The molecule has 14 nitrogen and oxygen atoms in total. The summed E-state index contributed by atoms with van der Waals surface area (Å²) in [5.41, 5.74) is 5.58. The number of amides is 5. The van der Waals surface area contributed by atoms with E-state index in [9.17, 15) is 19.2 Å². The van der Waals surface area contributed by atoms with Gasteiger partial charge in [-0.2, -0.15) is 5.10 Å². The number of carbonyl (C=O) groups excluding carboxylic acids is 4. The number of urea groups is 1. The van der Waals surface area contributed by atoms with Gasteiger partial charge in [0.05, 0.1) is 30.7 Å². The molecule has 5 amide bonds. The summed E-state index contributed by atoms with van der Waals surface area (Å²) in [6.45, 7) is 4.89. The summed E-state index contributed by atoms with van der Waals surface area (Å²) in [6, 6.07) is 18.4. The summed E-state index contributed by atoms with van der Waals surface area (Å²) in [6.07, 6.45) is 2.95. The van der Waals surface area contributed by atoms with E-state index < -0.39 is 12.1 Å². The number of aromatic amines is 1. The number of hydrogen-bond donors (Lipinski definition) is 3. The number of aromatic nitrogens is 3. The number of carbonyl (C=O) groups is 4. The molecule has 49 heavy (non-hydrogen) atoms. The fourth-order valence-corrected chi connectivity index (χ4v) is 6.57. The first-order valence-electron chi connectivity index (χ1n) is 16.2. The molecule has 3 aliphatic heterocycles. The van der Waals surface area contributed by atoms with Crippen LogP contribution < -0.4 is 20.4 Å². The van der Waals surface area contributed by atoms with Gasteiger partial charge in [-0.25, -0.2) is 4.79 Å². The molecule has 3 N–H and O–H groups in total. The number of nitrogens with zero attached hydrogens (tertiary/aromatic N) is 6. The molecule has 2 aromatic heterocycles. The SMILES string of the molecule is CO[C@@H](C(=O)N1Cc2[nH]nc(NC(=O)c3ccc(N4CCN(Cc5ccncc5N5CCC(=O)NC5=O)CC4)cc3)c2C1)c1ccccc1. The molecular formula is C35H37N9O5. The molecule has 3 aliphatic rings. The minimum atomic E-state index is -0.713. The Morgan fingerprint density at radius 3 is 2.47 bits per heavy atom. The molecule has 0 bridgehead atoms. The van der Waals surface area contributed by atoms with Crippen LogP contribution in [-0.4, -0.2) is 88.6 Å². The number of H-pyrrole nitrogens is 1. The molecule has 0 spiro atoms. The van der Waals surface area contributed by atoms with E-state index in [2.05, 4.69) is 35.6 Å². The molecular weight excluding hydrogens is 626 g/mol.